The number of nitrogens with one attached hydrogen (secondary N) is 1. The van der Waals surface area contributed by atoms with E-state index in [1.54, 1.807) is 12.5 Å². The van der Waals surface area contributed by atoms with Crippen LogP contribution in [0.1, 0.15) is 11.8 Å². The minimum Gasteiger partial charge on any atom is -0.468 e. The number of anilines is 1. The van der Waals surface area contributed by atoms with E-state index in [1.807, 2.05) is 26.2 Å². The molecule has 0 bridgehead atoms. The lowest BCUT2D eigenvalue weighted by atomic mass is 10.2. The van der Waals surface area contributed by atoms with Crippen molar-refractivity contribution in [3.63, 3.8) is 0 Å². The molecule has 0 spiro atoms. The van der Waals surface area contributed by atoms with Gasteiger partial charge < -0.3 is 9.73 Å². The Bertz CT molecular complexity index is 487. The highest BCUT2D eigenvalue weighted by molar-refractivity contribution is 6.29. The Morgan fingerprint density at radius 2 is 2.28 bits per heavy atom. The van der Waals surface area contributed by atoms with E-state index in [1.165, 1.54) is 6.20 Å². The molecular weight excluding hydrogens is 252 g/mol. The fourth-order valence-electron chi connectivity index (χ4n) is 1.65. The molecule has 0 unspecified atom stereocenters. The number of nitrogens with zero attached hydrogens (tertiary/aromatic N) is 3. The van der Waals surface area contributed by atoms with Crippen LogP contribution in [0.5, 0.6) is 0 Å². The van der Waals surface area contributed by atoms with Crippen molar-refractivity contribution in [2.75, 3.05) is 26.0 Å². The summed E-state index contributed by atoms with van der Waals surface area (Å²) in [4.78, 5) is 10.2. The highest BCUT2D eigenvalue weighted by Gasteiger charge is 2.16. The topological polar surface area (TPSA) is 54.2 Å². The Morgan fingerprint density at radius 3 is 2.89 bits per heavy atom. The van der Waals surface area contributed by atoms with Gasteiger partial charge in [-0.25, -0.2) is 4.98 Å². The van der Waals surface area contributed by atoms with Crippen molar-refractivity contribution in [3.05, 3.63) is 41.7 Å². The first-order valence-electron chi connectivity index (χ1n) is 5.58. The van der Waals surface area contributed by atoms with Crippen LogP contribution >= 0.6 is 11.6 Å². The predicted octanol–water partition coefficient (Wildman–Crippen LogP) is 2.44. The van der Waals surface area contributed by atoms with Crippen molar-refractivity contribution in [3.8, 4) is 0 Å². The molecule has 0 saturated heterocycles. The number of rotatable bonds is 5. The standard InChI is InChI=1S/C12H15ClN4O/c1-17(2)9(10-4-3-5-18-10)6-15-12-8-14-7-11(13)16-12/h3-5,7-9H,6H2,1-2H3,(H,15,16)/t9-/m0/s1. The first-order valence-corrected chi connectivity index (χ1v) is 5.96. The maximum Gasteiger partial charge on any atom is 0.149 e. The number of hydrogen-bond donors (Lipinski definition) is 1. The summed E-state index contributed by atoms with van der Waals surface area (Å²) in [6, 6.07) is 3.96. The van der Waals surface area contributed by atoms with Crippen LogP contribution in [0.15, 0.2) is 35.2 Å². The fraction of sp³-hybridized carbons (Fsp3) is 0.333. The molecule has 0 amide bonds. The molecule has 0 aliphatic carbocycles. The van der Waals surface area contributed by atoms with Gasteiger partial charge in [-0.2, -0.15) is 0 Å². The third-order valence-electron chi connectivity index (χ3n) is 2.58. The molecule has 2 heterocycles. The maximum absolute atomic E-state index is 5.78. The van der Waals surface area contributed by atoms with Crippen LogP contribution in [0.4, 0.5) is 5.82 Å². The summed E-state index contributed by atoms with van der Waals surface area (Å²) in [7, 11) is 4.00. The molecule has 2 aromatic heterocycles. The zero-order chi connectivity index (χ0) is 13.0. The van der Waals surface area contributed by atoms with E-state index in [0.29, 0.717) is 17.5 Å². The zero-order valence-corrected chi connectivity index (χ0v) is 11.1. The lowest BCUT2D eigenvalue weighted by Crippen LogP contribution is -2.26. The van der Waals surface area contributed by atoms with Crippen LogP contribution in [0.3, 0.4) is 0 Å². The van der Waals surface area contributed by atoms with E-state index in [9.17, 15) is 0 Å². The molecule has 0 aliphatic rings. The van der Waals surface area contributed by atoms with Crippen molar-refractivity contribution < 1.29 is 4.42 Å². The minimum atomic E-state index is 0.126. The first kappa shape index (κ1) is 12.9. The van der Waals surface area contributed by atoms with Gasteiger partial charge in [0.2, 0.25) is 0 Å². The number of aromatic nitrogens is 2. The Hall–Kier alpha value is -1.59. The van der Waals surface area contributed by atoms with E-state index in [4.69, 9.17) is 16.0 Å². The normalized spacial score (nSPS) is 12.7. The van der Waals surface area contributed by atoms with Gasteiger partial charge in [-0.1, -0.05) is 11.6 Å². The van der Waals surface area contributed by atoms with Crippen LogP contribution in [-0.4, -0.2) is 35.5 Å². The minimum absolute atomic E-state index is 0.126. The molecule has 18 heavy (non-hydrogen) atoms. The van der Waals surface area contributed by atoms with Crippen molar-refractivity contribution in [1.82, 2.24) is 14.9 Å². The second kappa shape index (κ2) is 5.84. The fourth-order valence-corrected chi connectivity index (χ4v) is 1.79. The van der Waals surface area contributed by atoms with Crippen molar-refractivity contribution in [2.45, 2.75) is 6.04 Å². The molecule has 0 radical (unpaired) electrons. The van der Waals surface area contributed by atoms with Crippen LogP contribution in [0.25, 0.3) is 0 Å². The van der Waals surface area contributed by atoms with Gasteiger partial charge in [-0.15, -0.1) is 0 Å². The van der Waals surface area contributed by atoms with Gasteiger partial charge in [0.25, 0.3) is 0 Å². The van der Waals surface area contributed by atoms with E-state index in [-0.39, 0.29) is 6.04 Å². The summed E-state index contributed by atoms with van der Waals surface area (Å²) in [6.07, 6.45) is 4.81. The van der Waals surface area contributed by atoms with Crippen molar-refractivity contribution in [1.29, 1.82) is 0 Å². The molecule has 6 heteroatoms. The smallest absolute Gasteiger partial charge is 0.149 e. The van der Waals surface area contributed by atoms with Gasteiger partial charge in [0.15, 0.2) is 0 Å². The quantitative estimate of drug-likeness (QED) is 0.901. The molecule has 0 saturated carbocycles. The van der Waals surface area contributed by atoms with Crippen LogP contribution in [0, 0.1) is 0 Å². The van der Waals surface area contributed by atoms with E-state index in [0.717, 1.165) is 5.76 Å². The predicted molar refractivity (Wildman–Crippen MR) is 70.7 cm³/mol. The Labute approximate surface area is 111 Å². The molecule has 5 nitrogen and oxygen atoms in total. The first-order chi connectivity index (χ1) is 8.66. The Balaban J connectivity index is 2.03. The molecule has 0 fully saturated rings. The SMILES string of the molecule is CN(C)[C@@H](CNc1cncc(Cl)n1)c1ccco1. The number of furan rings is 1. The Kier molecular flexibility index (Phi) is 4.17. The molecular formula is C12H15ClN4O. The Morgan fingerprint density at radius 1 is 1.44 bits per heavy atom. The van der Waals surface area contributed by atoms with Gasteiger partial charge in [0.1, 0.15) is 16.7 Å². The number of hydrogen-bond acceptors (Lipinski definition) is 5. The summed E-state index contributed by atoms with van der Waals surface area (Å²) in [5.41, 5.74) is 0. The summed E-state index contributed by atoms with van der Waals surface area (Å²) in [5, 5.41) is 3.57. The molecule has 2 aromatic rings. The van der Waals surface area contributed by atoms with Crippen LogP contribution < -0.4 is 5.32 Å². The summed E-state index contributed by atoms with van der Waals surface area (Å²) in [6.45, 7) is 0.662. The molecule has 1 atom stereocenters. The zero-order valence-electron chi connectivity index (χ0n) is 10.3. The summed E-state index contributed by atoms with van der Waals surface area (Å²) < 4.78 is 5.43. The van der Waals surface area contributed by atoms with Crippen molar-refractivity contribution in [2.24, 2.45) is 0 Å². The van der Waals surface area contributed by atoms with Gasteiger partial charge in [0, 0.05) is 6.54 Å². The molecule has 0 aliphatic heterocycles. The second-order valence-corrected chi connectivity index (χ2v) is 4.49. The third kappa shape index (κ3) is 3.21. The molecule has 1 N–H and O–H groups in total. The number of halogens is 1. The molecule has 0 aromatic carbocycles. The van der Waals surface area contributed by atoms with E-state index in [2.05, 4.69) is 20.2 Å². The monoisotopic (exact) mass is 266 g/mol. The average molecular weight is 267 g/mol. The van der Waals surface area contributed by atoms with E-state index < -0.39 is 0 Å². The van der Waals surface area contributed by atoms with Gasteiger partial charge >= 0.3 is 0 Å². The summed E-state index contributed by atoms with van der Waals surface area (Å²) >= 11 is 5.78. The lowest BCUT2D eigenvalue weighted by Gasteiger charge is -2.22. The highest BCUT2D eigenvalue weighted by Crippen LogP contribution is 2.19. The second-order valence-electron chi connectivity index (χ2n) is 4.10. The molecule has 2 rings (SSSR count). The van der Waals surface area contributed by atoms with Crippen LogP contribution in [0.2, 0.25) is 5.15 Å². The highest BCUT2D eigenvalue weighted by atomic mass is 35.5. The lowest BCUT2D eigenvalue weighted by molar-refractivity contribution is 0.269. The van der Waals surface area contributed by atoms with E-state index >= 15 is 0 Å². The van der Waals surface area contributed by atoms with Gasteiger partial charge in [-0.05, 0) is 26.2 Å². The molecule has 96 valence electrons. The van der Waals surface area contributed by atoms with Crippen molar-refractivity contribution >= 4 is 17.4 Å². The van der Waals surface area contributed by atoms with Crippen LogP contribution in [-0.2, 0) is 0 Å². The number of likely N-dealkylation sites (N-methyl/N-ethyl adjacent to an activating group) is 1. The van der Waals surface area contributed by atoms with Gasteiger partial charge in [0.05, 0.1) is 24.7 Å². The largest absolute Gasteiger partial charge is 0.468 e. The summed E-state index contributed by atoms with van der Waals surface area (Å²) in [5.74, 6) is 1.56. The third-order valence-corrected chi connectivity index (χ3v) is 2.76. The maximum atomic E-state index is 5.78. The average Bonchev–Trinajstić information content (AvgIpc) is 2.82. The van der Waals surface area contributed by atoms with Gasteiger partial charge in [-0.3, -0.25) is 9.88 Å².